The van der Waals surface area contributed by atoms with Crippen molar-refractivity contribution in [2.75, 3.05) is 0 Å². The number of nitrogens with one attached hydrogen (secondary N) is 1. The SMILES string of the molecule is c1ccc2[nH]cnc2c1.c1ccn2ccnc2c1.c1ccn2cncc2c1. The van der Waals surface area contributed by atoms with Crippen LogP contribution in [0.5, 0.6) is 0 Å². The predicted molar refractivity (Wildman–Crippen MR) is 106 cm³/mol. The molecular weight excluding hydrogens is 336 g/mol. The molecule has 6 heteroatoms. The maximum absolute atomic E-state index is 4.08. The first-order chi connectivity index (χ1) is 13.4. The smallest absolute Gasteiger partial charge is 0.136 e. The molecule has 5 heterocycles. The van der Waals surface area contributed by atoms with E-state index in [-0.39, 0.29) is 0 Å². The van der Waals surface area contributed by atoms with Crippen LogP contribution in [-0.4, -0.2) is 28.7 Å². The third-order valence-corrected chi connectivity index (χ3v) is 3.95. The van der Waals surface area contributed by atoms with Gasteiger partial charge in [0.15, 0.2) is 0 Å². The molecule has 0 aliphatic rings. The summed E-state index contributed by atoms with van der Waals surface area (Å²) in [5, 5.41) is 0. The Balaban J connectivity index is 0.0000001000. The molecule has 0 radical (unpaired) electrons. The zero-order chi connectivity index (χ0) is 18.3. The summed E-state index contributed by atoms with van der Waals surface area (Å²) in [5.74, 6) is 0. The van der Waals surface area contributed by atoms with Gasteiger partial charge in [0.2, 0.25) is 0 Å². The van der Waals surface area contributed by atoms with Gasteiger partial charge in [-0.05, 0) is 36.4 Å². The van der Waals surface area contributed by atoms with Crippen molar-refractivity contribution in [3.63, 3.8) is 0 Å². The molecule has 6 aromatic rings. The Hall–Kier alpha value is -3.93. The second kappa shape index (κ2) is 7.97. The Bertz CT molecular complexity index is 1000. The van der Waals surface area contributed by atoms with Crippen molar-refractivity contribution in [2.45, 2.75) is 0 Å². The zero-order valence-corrected chi connectivity index (χ0v) is 14.6. The standard InChI is InChI=1S/3C7H6N2/c1-2-5-9-6-4-8-7(9)3-1;1-2-4-9-6-8-5-7(9)3-1;1-2-4-7-6(3-1)8-5-9-7/h2*1-6H;1-5H,(H,8,9). The van der Waals surface area contributed by atoms with Gasteiger partial charge in [-0.3, -0.25) is 0 Å². The lowest BCUT2D eigenvalue weighted by Crippen LogP contribution is -1.77. The van der Waals surface area contributed by atoms with E-state index < -0.39 is 0 Å². The number of rotatable bonds is 0. The van der Waals surface area contributed by atoms with E-state index in [0.717, 1.165) is 22.2 Å². The van der Waals surface area contributed by atoms with Crippen LogP contribution in [0.4, 0.5) is 0 Å². The number of imidazole rings is 3. The van der Waals surface area contributed by atoms with Crippen LogP contribution in [0.3, 0.4) is 0 Å². The van der Waals surface area contributed by atoms with Crippen LogP contribution in [0, 0.1) is 0 Å². The van der Waals surface area contributed by atoms with Crippen molar-refractivity contribution >= 4 is 22.2 Å². The van der Waals surface area contributed by atoms with Gasteiger partial charge >= 0.3 is 0 Å². The number of hydrogen-bond donors (Lipinski definition) is 1. The fourth-order valence-corrected chi connectivity index (χ4v) is 2.61. The van der Waals surface area contributed by atoms with E-state index >= 15 is 0 Å². The highest BCUT2D eigenvalue weighted by atomic mass is 15.0. The molecule has 0 fully saturated rings. The van der Waals surface area contributed by atoms with Gasteiger partial charge in [0.05, 0.1) is 35.4 Å². The summed E-state index contributed by atoms with van der Waals surface area (Å²) in [6, 6.07) is 19.9. The molecule has 132 valence electrons. The van der Waals surface area contributed by atoms with Crippen LogP contribution in [0.25, 0.3) is 22.2 Å². The number of fused-ring (bicyclic) bond motifs is 3. The molecule has 1 N–H and O–H groups in total. The van der Waals surface area contributed by atoms with Gasteiger partial charge in [-0.25, -0.2) is 15.0 Å². The lowest BCUT2D eigenvalue weighted by molar-refractivity contribution is 1.15. The van der Waals surface area contributed by atoms with E-state index in [1.807, 2.05) is 94.3 Å². The van der Waals surface area contributed by atoms with E-state index in [2.05, 4.69) is 19.9 Å². The highest BCUT2D eigenvalue weighted by Gasteiger charge is 1.88. The molecule has 0 amide bonds. The van der Waals surface area contributed by atoms with Crippen LogP contribution < -0.4 is 0 Å². The summed E-state index contributed by atoms with van der Waals surface area (Å²) < 4.78 is 3.94. The van der Waals surface area contributed by atoms with Crippen molar-refractivity contribution in [1.29, 1.82) is 0 Å². The van der Waals surface area contributed by atoms with E-state index in [1.54, 1.807) is 18.9 Å². The van der Waals surface area contributed by atoms with Crippen LogP contribution >= 0.6 is 0 Å². The van der Waals surface area contributed by atoms with E-state index in [9.17, 15) is 0 Å². The minimum absolute atomic E-state index is 0.998. The maximum atomic E-state index is 4.08. The molecular formula is C21H18N6. The van der Waals surface area contributed by atoms with Gasteiger partial charge in [-0.1, -0.05) is 24.3 Å². The summed E-state index contributed by atoms with van der Waals surface area (Å²) in [6.45, 7) is 0. The molecule has 6 rings (SSSR count). The van der Waals surface area contributed by atoms with Gasteiger partial charge in [0.1, 0.15) is 5.65 Å². The first-order valence-corrected chi connectivity index (χ1v) is 8.53. The summed E-state index contributed by atoms with van der Waals surface area (Å²) in [4.78, 5) is 15.1. The molecule has 0 spiro atoms. The lowest BCUT2D eigenvalue weighted by atomic mass is 10.3. The van der Waals surface area contributed by atoms with Crippen LogP contribution in [-0.2, 0) is 0 Å². The fraction of sp³-hybridized carbons (Fsp3) is 0. The first kappa shape index (κ1) is 16.5. The van der Waals surface area contributed by atoms with Crippen molar-refractivity contribution in [3.05, 3.63) is 104 Å². The molecule has 5 aromatic heterocycles. The average Bonchev–Trinajstić information content (AvgIpc) is 3.48. The highest BCUT2D eigenvalue weighted by molar-refractivity contribution is 5.73. The minimum Gasteiger partial charge on any atom is -0.345 e. The summed E-state index contributed by atoms with van der Waals surface area (Å²) in [6.07, 6.45) is 13.0. The van der Waals surface area contributed by atoms with Gasteiger partial charge in [0.25, 0.3) is 0 Å². The van der Waals surface area contributed by atoms with Crippen LogP contribution in [0.2, 0.25) is 0 Å². The maximum Gasteiger partial charge on any atom is 0.136 e. The molecule has 0 saturated carbocycles. The van der Waals surface area contributed by atoms with Crippen molar-refractivity contribution in [2.24, 2.45) is 0 Å². The molecule has 0 aliphatic carbocycles. The monoisotopic (exact) mass is 354 g/mol. The third-order valence-electron chi connectivity index (χ3n) is 3.95. The van der Waals surface area contributed by atoms with Crippen molar-refractivity contribution < 1.29 is 0 Å². The normalized spacial score (nSPS) is 10.2. The lowest BCUT2D eigenvalue weighted by Gasteiger charge is -1.86. The Morgan fingerprint density at radius 2 is 1.56 bits per heavy atom. The number of aromatic amines is 1. The van der Waals surface area contributed by atoms with E-state index in [4.69, 9.17) is 0 Å². The summed E-state index contributed by atoms with van der Waals surface area (Å²) >= 11 is 0. The number of aromatic nitrogens is 6. The number of H-pyrrole nitrogens is 1. The molecule has 0 saturated heterocycles. The largest absolute Gasteiger partial charge is 0.345 e. The van der Waals surface area contributed by atoms with Gasteiger partial charge < -0.3 is 13.8 Å². The fourth-order valence-electron chi connectivity index (χ4n) is 2.61. The summed E-state index contributed by atoms with van der Waals surface area (Å²) in [7, 11) is 0. The Morgan fingerprint density at radius 1 is 0.741 bits per heavy atom. The number of pyridine rings is 2. The molecule has 0 unspecified atom stereocenters. The van der Waals surface area contributed by atoms with Gasteiger partial charge in [0, 0.05) is 24.8 Å². The van der Waals surface area contributed by atoms with Crippen molar-refractivity contribution in [3.8, 4) is 0 Å². The Kier molecular flexibility index (Phi) is 4.88. The second-order valence-electron chi connectivity index (χ2n) is 5.74. The minimum atomic E-state index is 0.998. The predicted octanol–water partition coefficient (Wildman–Crippen LogP) is 4.23. The molecule has 6 nitrogen and oxygen atoms in total. The van der Waals surface area contributed by atoms with E-state index in [1.165, 1.54) is 0 Å². The number of benzene rings is 1. The molecule has 0 bridgehead atoms. The molecule has 0 atom stereocenters. The summed E-state index contributed by atoms with van der Waals surface area (Å²) in [5.41, 5.74) is 4.25. The van der Waals surface area contributed by atoms with Crippen molar-refractivity contribution in [1.82, 2.24) is 28.7 Å². The Labute approximate surface area is 155 Å². The van der Waals surface area contributed by atoms with E-state index in [0.29, 0.717) is 0 Å². The quantitative estimate of drug-likeness (QED) is 0.444. The molecule has 0 aliphatic heterocycles. The third kappa shape index (κ3) is 4.01. The van der Waals surface area contributed by atoms with Crippen LogP contribution in [0.15, 0.2) is 104 Å². The van der Waals surface area contributed by atoms with Gasteiger partial charge in [-0.15, -0.1) is 0 Å². The average molecular weight is 354 g/mol. The molecule has 27 heavy (non-hydrogen) atoms. The number of para-hydroxylation sites is 2. The first-order valence-electron chi connectivity index (χ1n) is 8.53. The van der Waals surface area contributed by atoms with Crippen LogP contribution in [0.1, 0.15) is 0 Å². The highest BCUT2D eigenvalue weighted by Crippen LogP contribution is 2.05. The number of hydrogen-bond acceptors (Lipinski definition) is 3. The zero-order valence-electron chi connectivity index (χ0n) is 14.6. The number of nitrogens with zero attached hydrogens (tertiary/aromatic N) is 5. The topological polar surface area (TPSA) is 63.3 Å². The molecule has 1 aromatic carbocycles. The Morgan fingerprint density at radius 3 is 2.41 bits per heavy atom. The van der Waals surface area contributed by atoms with Gasteiger partial charge in [-0.2, -0.15) is 0 Å². The second-order valence-corrected chi connectivity index (χ2v) is 5.74.